The molecule has 1 aliphatic heterocycles. The van der Waals surface area contributed by atoms with E-state index in [1.54, 1.807) is 30.4 Å². The first-order valence-corrected chi connectivity index (χ1v) is 10.9. The lowest BCUT2D eigenvalue weighted by atomic mass is 10.1. The van der Waals surface area contributed by atoms with Gasteiger partial charge in [-0.1, -0.05) is 24.3 Å². The zero-order chi connectivity index (χ0) is 23.0. The largest absolute Gasteiger partial charge is 0.490 e. The highest BCUT2D eigenvalue weighted by molar-refractivity contribution is 6.07. The molecule has 0 aromatic heterocycles. The minimum Gasteiger partial charge on any atom is -0.490 e. The van der Waals surface area contributed by atoms with E-state index in [0.29, 0.717) is 42.6 Å². The second-order valence-electron chi connectivity index (χ2n) is 7.27. The van der Waals surface area contributed by atoms with Crippen molar-refractivity contribution in [2.75, 3.05) is 20.0 Å². The Morgan fingerprint density at radius 1 is 0.848 bits per heavy atom. The van der Waals surface area contributed by atoms with Gasteiger partial charge in [0.25, 0.3) is 0 Å². The molecule has 1 heterocycles. The Morgan fingerprint density at radius 3 is 2.39 bits per heavy atom. The number of fused-ring (bicyclic) bond motifs is 1. The summed E-state index contributed by atoms with van der Waals surface area (Å²) in [6, 6.07) is 18.5. The van der Waals surface area contributed by atoms with Gasteiger partial charge in [0, 0.05) is 5.56 Å². The minimum atomic E-state index is -0.103. The molecule has 33 heavy (non-hydrogen) atoms. The van der Waals surface area contributed by atoms with Gasteiger partial charge in [0.15, 0.2) is 28.8 Å². The van der Waals surface area contributed by atoms with Gasteiger partial charge in [0.1, 0.15) is 12.4 Å². The van der Waals surface area contributed by atoms with E-state index in [9.17, 15) is 4.79 Å². The van der Waals surface area contributed by atoms with Crippen LogP contribution in [0.25, 0.3) is 6.08 Å². The molecule has 3 aromatic rings. The third-order valence-corrected chi connectivity index (χ3v) is 4.98. The van der Waals surface area contributed by atoms with Gasteiger partial charge in [-0.25, -0.2) is 0 Å². The SMILES string of the molecule is CCOc1ccc(COc2ccc(/C=C/C(=O)c3ccc4c(c3)OCO4)cc2)cc1OCC. The van der Waals surface area contributed by atoms with E-state index in [0.717, 1.165) is 22.6 Å². The zero-order valence-electron chi connectivity index (χ0n) is 18.7. The van der Waals surface area contributed by atoms with Crippen LogP contribution in [-0.4, -0.2) is 25.8 Å². The van der Waals surface area contributed by atoms with E-state index >= 15 is 0 Å². The normalized spacial score (nSPS) is 12.1. The summed E-state index contributed by atoms with van der Waals surface area (Å²) < 4.78 is 27.8. The first kappa shape index (κ1) is 22.3. The van der Waals surface area contributed by atoms with Gasteiger partial charge in [-0.2, -0.15) is 0 Å². The molecule has 6 nitrogen and oxygen atoms in total. The van der Waals surface area contributed by atoms with Crippen LogP contribution in [0.2, 0.25) is 0 Å². The fraction of sp³-hybridized carbons (Fsp3) is 0.222. The van der Waals surface area contributed by atoms with Gasteiger partial charge < -0.3 is 23.7 Å². The molecule has 0 radical (unpaired) electrons. The molecule has 0 atom stereocenters. The summed E-state index contributed by atoms with van der Waals surface area (Å²) in [5.74, 6) is 3.33. The van der Waals surface area contributed by atoms with Gasteiger partial charge >= 0.3 is 0 Å². The van der Waals surface area contributed by atoms with Crippen LogP contribution in [0.15, 0.2) is 66.7 Å². The summed E-state index contributed by atoms with van der Waals surface area (Å²) in [4.78, 5) is 12.5. The van der Waals surface area contributed by atoms with Crippen LogP contribution < -0.4 is 23.7 Å². The highest BCUT2D eigenvalue weighted by Gasteiger charge is 2.15. The van der Waals surface area contributed by atoms with Gasteiger partial charge in [-0.3, -0.25) is 4.79 Å². The summed E-state index contributed by atoms with van der Waals surface area (Å²) in [5, 5.41) is 0. The van der Waals surface area contributed by atoms with E-state index in [4.69, 9.17) is 23.7 Å². The average molecular weight is 446 g/mol. The summed E-state index contributed by atoms with van der Waals surface area (Å²) in [6.45, 7) is 5.62. The topological polar surface area (TPSA) is 63.2 Å². The van der Waals surface area contributed by atoms with Crippen LogP contribution in [0.1, 0.15) is 35.3 Å². The predicted octanol–water partition coefficient (Wildman–Crippen LogP) is 5.69. The second kappa shape index (κ2) is 10.6. The quantitative estimate of drug-likeness (QED) is 0.295. The Morgan fingerprint density at radius 2 is 1.61 bits per heavy atom. The molecule has 0 bridgehead atoms. The lowest BCUT2D eigenvalue weighted by Crippen LogP contribution is -2.01. The summed E-state index contributed by atoms with van der Waals surface area (Å²) in [7, 11) is 0. The lowest BCUT2D eigenvalue weighted by Gasteiger charge is -2.13. The molecule has 0 saturated carbocycles. The molecule has 4 rings (SSSR count). The third kappa shape index (κ3) is 5.66. The van der Waals surface area contributed by atoms with Crippen molar-refractivity contribution in [1.29, 1.82) is 0 Å². The van der Waals surface area contributed by atoms with Crippen LogP contribution in [0, 0.1) is 0 Å². The highest BCUT2D eigenvalue weighted by Crippen LogP contribution is 2.33. The van der Waals surface area contributed by atoms with E-state index in [-0.39, 0.29) is 12.6 Å². The smallest absolute Gasteiger partial charge is 0.231 e. The van der Waals surface area contributed by atoms with E-state index in [1.165, 1.54) is 0 Å². The lowest BCUT2D eigenvalue weighted by molar-refractivity contribution is 0.104. The Bertz CT molecular complexity index is 1130. The van der Waals surface area contributed by atoms with Crippen molar-refractivity contribution < 1.29 is 28.5 Å². The third-order valence-electron chi connectivity index (χ3n) is 4.98. The second-order valence-corrected chi connectivity index (χ2v) is 7.27. The molecule has 0 saturated heterocycles. The number of hydrogen-bond acceptors (Lipinski definition) is 6. The van der Waals surface area contributed by atoms with Crippen molar-refractivity contribution in [1.82, 2.24) is 0 Å². The maximum Gasteiger partial charge on any atom is 0.231 e. The number of rotatable bonds is 10. The van der Waals surface area contributed by atoms with E-state index < -0.39 is 0 Å². The van der Waals surface area contributed by atoms with E-state index in [2.05, 4.69) is 0 Å². The number of carbonyl (C=O) groups excluding carboxylic acids is 1. The molecule has 0 spiro atoms. The van der Waals surface area contributed by atoms with E-state index in [1.807, 2.05) is 56.3 Å². The standard InChI is InChI=1S/C27H26O6/c1-3-29-24-13-8-20(15-26(24)30-4-2)17-31-22-10-5-19(6-11-22)7-12-23(28)21-9-14-25-27(16-21)33-18-32-25/h5-16H,3-4,17-18H2,1-2H3/b12-7+. The maximum atomic E-state index is 12.5. The fourth-order valence-electron chi connectivity index (χ4n) is 3.35. The number of ether oxygens (including phenoxy) is 5. The first-order chi connectivity index (χ1) is 16.2. The number of carbonyl (C=O) groups is 1. The number of ketones is 1. The zero-order valence-corrected chi connectivity index (χ0v) is 18.7. The minimum absolute atomic E-state index is 0.103. The predicted molar refractivity (Wildman–Crippen MR) is 125 cm³/mol. The summed E-state index contributed by atoms with van der Waals surface area (Å²) in [5.41, 5.74) is 2.44. The van der Waals surface area contributed by atoms with Crippen molar-refractivity contribution in [3.8, 4) is 28.7 Å². The Labute approximate surface area is 193 Å². The average Bonchev–Trinajstić information content (AvgIpc) is 3.31. The van der Waals surface area contributed by atoms with Crippen molar-refractivity contribution in [2.24, 2.45) is 0 Å². The highest BCUT2D eigenvalue weighted by atomic mass is 16.7. The summed E-state index contributed by atoms with van der Waals surface area (Å²) in [6.07, 6.45) is 3.32. The van der Waals surface area contributed by atoms with Crippen LogP contribution in [0.5, 0.6) is 28.7 Å². The molecule has 0 unspecified atom stereocenters. The van der Waals surface area contributed by atoms with Crippen molar-refractivity contribution in [3.05, 3.63) is 83.4 Å². The fourth-order valence-corrected chi connectivity index (χ4v) is 3.35. The van der Waals surface area contributed by atoms with Gasteiger partial charge in [0.2, 0.25) is 6.79 Å². The Hall–Kier alpha value is -3.93. The Kier molecular flexibility index (Phi) is 7.15. The molecule has 1 aliphatic rings. The molecule has 6 heteroatoms. The molecular weight excluding hydrogens is 420 g/mol. The first-order valence-electron chi connectivity index (χ1n) is 10.9. The molecule has 0 N–H and O–H groups in total. The van der Waals surface area contributed by atoms with Gasteiger partial charge in [-0.15, -0.1) is 0 Å². The van der Waals surface area contributed by atoms with Crippen LogP contribution in [0.4, 0.5) is 0 Å². The van der Waals surface area contributed by atoms with Crippen molar-refractivity contribution in [3.63, 3.8) is 0 Å². The molecule has 170 valence electrons. The molecule has 0 amide bonds. The van der Waals surface area contributed by atoms with Crippen LogP contribution >= 0.6 is 0 Å². The summed E-state index contributed by atoms with van der Waals surface area (Å²) >= 11 is 0. The van der Waals surface area contributed by atoms with Gasteiger partial charge in [-0.05, 0) is 73.5 Å². The van der Waals surface area contributed by atoms with Crippen LogP contribution in [0.3, 0.4) is 0 Å². The monoisotopic (exact) mass is 446 g/mol. The molecule has 0 fully saturated rings. The number of benzene rings is 3. The van der Waals surface area contributed by atoms with Crippen molar-refractivity contribution in [2.45, 2.75) is 20.5 Å². The van der Waals surface area contributed by atoms with Crippen molar-refractivity contribution >= 4 is 11.9 Å². The van der Waals surface area contributed by atoms with Crippen LogP contribution in [-0.2, 0) is 6.61 Å². The maximum absolute atomic E-state index is 12.5. The number of hydrogen-bond donors (Lipinski definition) is 0. The molecular formula is C27H26O6. The van der Waals surface area contributed by atoms with Gasteiger partial charge in [0.05, 0.1) is 13.2 Å². The number of allylic oxidation sites excluding steroid dienone is 1. The molecule has 0 aliphatic carbocycles. The Balaban J connectivity index is 1.34. The molecule has 3 aromatic carbocycles.